The molecule has 0 radical (unpaired) electrons. The summed E-state index contributed by atoms with van der Waals surface area (Å²) in [6.07, 6.45) is 9.85. The Morgan fingerprint density at radius 2 is 2.08 bits per heavy atom. The van der Waals surface area contributed by atoms with Gasteiger partial charge < -0.3 is 4.57 Å². The van der Waals surface area contributed by atoms with E-state index < -0.39 is 10.0 Å². The number of rotatable bonds is 5. The number of hydrogen-bond acceptors (Lipinski definition) is 5. The van der Waals surface area contributed by atoms with Crippen LogP contribution in [0.25, 0.3) is 0 Å². The summed E-state index contributed by atoms with van der Waals surface area (Å²) in [4.78, 5) is 4.20. The van der Waals surface area contributed by atoms with Gasteiger partial charge in [-0.2, -0.15) is 4.31 Å². The van der Waals surface area contributed by atoms with E-state index in [1.54, 1.807) is 29.0 Å². The van der Waals surface area contributed by atoms with E-state index in [1.807, 2.05) is 4.57 Å². The summed E-state index contributed by atoms with van der Waals surface area (Å²) in [6.45, 7) is 1.40. The van der Waals surface area contributed by atoms with Crippen LogP contribution in [0.3, 0.4) is 0 Å². The number of aromatic nitrogens is 4. The Hall–Kier alpha value is -1.80. The van der Waals surface area contributed by atoms with Crippen molar-refractivity contribution in [2.45, 2.75) is 49.6 Å². The summed E-state index contributed by atoms with van der Waals surface area (Å²) in [5, 5.41) is 8.32. The lowest BCUT2D eigenvalue weighted by Crippen LogP contribution is -2.39. The SMILES string of the molecule is O=S(=O)(c1cccnc1)N1CCCCC1c1nncn1CC1CC1. The Kier molecular flexibility index (Phi) is 4.09. The molecule has 4 rings (SSSR count). The van der Waals surface area contributed by atoms with E-state index in [9.17, 15) is 8.42 Å². The largest absolute Gasteiger partial charge is 0.316 e. The summed E-state index contributed by atoms with van der Waals surface area (Å²) in [7, 11) is -3.58. The highest BCUT2D eigenvalue weighted by atomic mass is 32.2. The first kappa shape index (κ1) is 15.7. The first-order valence-corrected chi connectivity index (χ1v) is 9.90. The second-order valence-corrected chi connectivity index (χ2v) is 8.49. The third kappa shape index (κ3) is 2.95. The van der Waals surface area contributed by atoms with E-state index in [1.165, 1.54) is 19.0 Å². The van der Waals surface area contributed by atoms with Crippen molar-refractivity contribution < 1.29 is 8.42 Å². The Balaban J connectivity index is 1.67. The summed E-state index contributed by atoms with van der Waals surface area (Å²) in [5.74, 6) is 1.46. The predicted molar refractivity (Wildman–Crippen MR) is 87.5 cm³/mol. The van der Waals surface area contributed by atoms with Gasteiger partial charge in [-0.3, -0.25) is 4.98 Å². The summed E-state index contributed by atoms with van der Waals surface area (Å²) >= 11 is 0. The van der Waals surface area contributed by atoms with Gasteiger partial charge in [0, 0.05) is 25.5 Å². The van der Waals surface area contributed by atoms with Gasteiger partial charge in [0.15, 0.2) is 5.82 Å². The fraction of sp³-hybridized carbons (Fsp3) is 0.562. The van der Waals surface area contributed by atoms with Crippen molar-refractivity contribution in [3.05, 3.63) is 36.7 Å². The van der Waals surface area contributed by atoms with Crippen LogP contribution in [-0.2, 0) is 16.6 Å². The van der Waals surface area contributed by atoms with Gasteiger partial charge in [-0.1, -0.05) is 6.42 Å². The first-order valence-electron chi connectivity index (χ1n) is 8.46. The molecule has 0 amide bonds. The van der Waals surface area contributed by atoms with Gasteiger partial charge in [-0.15, -0.1) is 10.2 Å². The summed E-state index contributed by atoms with van der Waals surface area (Å²) < 4.78 is 29.8. The molecule has 0 aromatic carbocycles. The molecule has 3 heterocycles. The van der Waals surface area contributed by atoms with Crippen molar-refractivity contribution in [3.8, 4) is 0 Å². The molecule has 2 fully saturated rings. The zero-order chi connectivity index (χ0) is 16.6. The van der Waals surface area contributed by atoms with Crippen molar-refractivity contribution in [1.82, 2.24) is 24.1 Å². The normalized spacial score (nSPS) is 22.6. The molecular weight excluding hydrogens is 326 g/mol. The zero-order valence-electron chi connectivity index (χ0n) is 13.5. The highest BCUT2D eigenvalue weighted by Crippen LogP contribution is 2.36. The maximum Gasteiger partial charge on any atom is 0.245 e. The monoisotopic (exact) mass is 347 g/mol. The van der Waals surface area contributed by atoms with Crippen molar-refractivity contribution in [1.29, 1.82) is 0 Å². The Bertz CT molecular complexity index is 801. The first-order chi connectivity index (χ1) is 11.7. The van der Waals surface area contributed by atoms with Crippen LogP contribution in [0.4, 0.5) is 0 Å². The molecule has 24 heavy (non-hydrogen) atoms. The zero-order valence-corrected chi connectivity index (χ0v) is 14.3. The number of nitrogens with zero attached hydrogens (tertiary/aromatic N) is 5. The molecule has 1 aliphatic carbocycles. The smallest absolute Gasteiger partial charge is 0.245 e. The third-order valence-corrected chi connectivity index (χ3v) is 6.68. The number of hydrogen-bond donors (Lipinski definition) is 0. The maximum atomic E-state index is 13.1. The molecule has 7 nitrogen and oxygen atoms in total. The van der Waals surface area contributed by atoms with Crippen LogP contribution in [0.15, 0.2) is 35.7 Å². The molecule has 1 atom stereocenters. The van der Waals surface area contributed by atoms with Crippen LogP contribution in [0.2, 0.25) is 0 Å². The minimum absolute atomic E-state index is 0.241. The number of piperidine rings is 1. The van der Waals surface area contributed by atoms with Gasteiger partial charge in [-0.05, 0) is 43.7 Å². The molecule has 1 saturated heterocycles. The fourth-order valence-corrected chi connectivity index (χ4v) is 4.95. The Morgan fingerprint density at radius 3 is 2.83 bits per heavy atom. The number of sulfonamides is 1. The molecule has 2 aromatic rings. The average molecular weight is 347 g/mol. The van der Waals surface area contributed by atoms with Crippen LogP contribution in [-0.4, -0.2) is 39.0 Å². The minimum Gasteiger partial charge on any atom is -0.316 e. The Labute approximate surface area is 141 Å². The maximum absolute atomic E-state index is 13.1. The van der Waals surface area contributed by atoms with E-state index in [-0.39, 0.29) is 10.9 Å². The lowest BCUT2D eigenvalue weighted by molar-refractivity contribution is 0.240. The van der Waals surface area contributed by atoms with Crippen molar-refractivity contribution in [2.24, 2.45) is 5.92 Å². The average Bonchev–Trinajstić information content (AvgIpc) is 3.31. The van der Waals surface area contributed by atoms with Crippen LogP contribution < -0.4 is 0 Å². The lowest BCUT2D eigenvalue weighted by atomic mass is 10.0. The second-order valence-electron chi connectivity index (χ2n) is 6.60. The van der Waals surface area contributed by atoms with E-state index >= 15 is 0 Å². The third-order valence-electron chi connectivity index (χ3n) is 4.79. The van der Waals surface area contributed by atoms with Crippen LogP contribution in [0.5, 0.6) is 0 Å². The topological polar surface area (TPSA) is 81.0 Å². The van der Waals surface area contributed by atoms with Gasteiger partial charge in [0.1, 0.15) is 11.2 Å². The summed E-state index contributed by atoms with van der Waals surface area (Å²) in [5.41, 5.74) is 0. The molecule has 128 valence electrons. The standard InChI is InChI=1S/C16H21N5O2S/c22-24(23,14-4-3-8-17-10-14)21-9-2-1-5-15(21)16-19-18-12-20(16)11-13-6-7-13/h3-4,8,10,12-13,15H,1-2,5-7,9,11H2. The molecule has 1 aliphatic heterocycles. The van der Waals surface area contributed by atoms with Crippen LogP contribution in [0, 0.1) is 5.92 Å². The van der Waals surface area contributed by atoms with Crippen LogP contribution >= 0.6 is 0 Å². The molecule has 2 aromatic heterocycles. The molecule has 0 N–H and O–H groups in total. The highest BCUT2D eigenvalue weighted by Gasteiger charge is 2.37. The molecule has 8 heteroatoms. The lowest BCUT2D eigenvalue weighted by Gasteiger charge is -2.34. The van der Waals surface area contributed by atoms with Crippen molar-refractivity contribution in [3.63, 3.8) is 0 Å². The van der Waals surface area contributed by atoms with E-state index in [0.29, 0.717) is 12.5 Å². The summed E-state index contributed by atoms with van der Waals surface area (Å²) in [6, 6.07) is 3.01. The van der Waals surface area contributed by atoms with Crippen LogP contribution in [0.1, 0.15) is 44.0 Å². The van der Waals surface area contributed by atoms with E-state index in [4.69, 9.17) is 0 Å². The molecule has 1 saturated carbocycles. The van der Waals surface area contributed by atoms with Gasteiger partial charge >= 0.3 is 0 Å². The van der Waals surface area contributed by atoms with Gasteiger partial charge in [0.05, 0.1) is 6.04 Å². The highest BCUT2D eigenvalue weighted by molar-refractivity contribution is 7.89. The number of pyridine rings is 1. The van der Waals surface area contributed by atoms with Gasteiger partial charge in [-0.25, -0.2) is 8.42 Å². The quantitative estimate of drug-likeness (QED) is 0.826. The van der Waals surface area contributed by atoms with E-state index in [2.05, 4.69) is 15.2 Å². The molecule has 0 spiro atoms. The van der Waals surface area contributed by atoms with Gasteiger partial charge in [0.25, 0.3) is 0 Å². The second kappa shape index (κ2) is 6.25. The molecular formula is C16H21N5O2S. The predicted octanol–water partition coefficient (Wildman–Crippen LogP) is 2.00. The van der Waals surface area contributed by atoms with Crippen molar-refractivity contribution >= 4 is 10.0 Å². The van der Waals surface area contributed by atoms with Crippen molar-refractivity contribution in [2.75, 3.05) is 6.54 Å². The molecule has 0 bridgehead atoms. The molecule has 2 aliphatic rings. The minimum atomic E-state index is -3.58. The van der Waals surface area contributed by atoms with Gasteiger partial charge in [0.2, 0.25) is 10.0 Å². The molecule has 1 unspecified atom stereocenters. The van der Waals surface area contributed by atoms with E-state index in [0.717, 1.165) is 31.6 Å². The fourth-order valence-electron chi connectivity index (χ4n) is 3.33. The Morgan fingerprint density at radius 1 is 1.21 bits per heavy atom.